The molecule has 3 unspecified atom stereocenters. The molecule has 2 aromatic rings. The fraction of sp³-hybridized carbons (Fsp3) is 0.571. The molecule has 2 aromatic heterocycles. The molecule has 0 amide bonds. The number of nitrogens with one attached hydrogen (secondary N) is 1. The van der Waals surface area contributed by atoms with E-state index >= 15 is 0 Å². The van der Waals surface area contributed by atoms with Crippen LogP contribution in [0.4, 0.5) is 0 Å². The van der Waals surface area contributed by atoms with Crippen LogP contribution in [0, 0.1) is 4.77 Å². The molecular formula is C7H10N6O4S. The van der Waals surface area contributed by atoms with E-state index in [1.54, 1.807) is 0 Å². The van der Waals surface area contributed by atoms with E-state index in [1.807, 2.05) is 0 Å². The zero-order chi connectivity index (χ0) is 13.3. The van der Waals surface area contributed by atoms with E-state index in [2.05, 4.69) is 25.5 Å². The van der Waals surface area contributed by atoms with Crippen molar-refractivity contribution in [1.29, 1.82) is 0 Å². The summed E-state index contributed by atoms with van der Waals surface area (Å²) in [5.74, 6) is -0.145. The second-order valence-corrected chi connectivity index (χ2v) is 3.87. The zero-order valence-corrected chi connectivity index (χ0v) is 9.69. The fourth-order valence-corrected chi connectivity index (χ4v) is 1.41. The molecule has 0 radical (unpaired) electrons. The third-order valence-corrected chi connectivity index (χ3v) is 2.51. The van der Waals surface area contributed by atoms with Gasteiger partial charge < -0.3 is 20.4 Å². The van der Waals surface area contributed by atoms with Gasteiger partial charge in [-0.2, -0.15) is 4.52 Å². The van der Waals surface area contributed by atoms with Gasteiger partial charge >= 0.3 is 0 Å². The molecule has 0 spiro atoms. The summed E-state index contributed by atoms with van der Waals surface area (Å²) in [7, 11) is 0. The van der Waals surface area contributed by atoms with E-state index in [0.29, 0.717) is 0 Å². The van der Waals surface area contributed by atoms with E-state index in [-0.39, 0.29) is 16.4 Å². The SMILES string of the molecule is OCC(O)C(O)C(O)c1nnc2n[nH]c(=S)n2n1. The average Bonchev–Trinajstić information content (AvgIpc) is 2.77. The summed E-state index contributed by atoms with van der Waals surface area (Å²) < 4.78 is 1.25. The van der Waals surface area contributed by atoms with Crippen LogP contribution < -0.4 is 0 Å². The number of aliphatic hydroxyl groups is 4. The van der Waals surface area contributed by atoms with Crippen molar-refractivity contribution in [1.82, 2.24) is 30.0 Å². The molecule has 0 bridgehead atoms. The Labute approximate surface area is 105 Å². The molecular weight excluding hydrogens is 264 g/mol. The van der Waals surface area contributed by atoms with Crippen molar-refractivity contribution < 1.29 is 20.4 Å². The Bertz CT molecular complexity index is 599. The minimum atomic E-state index is -1.64. The first-order chi connectivity index (χ1) is 8.54. The van der Waals surface area contributed by atoms with Crippen molar-refractivity contribution >= 4 is 18.0 Å². The maximum atomic E-state index is 9.71. The summed E-state index contributed by atoms with van der Waals surface area (Å²) >= 11 is 4.85. The Morgan fingerprint density at radius 3 is 2.67 bits per heavy atom. The van der Waals surface area contributed by atoms with Gasteiger partial charge in [-0.3, -0.25) is 0 Å². The van der Waals surface area contributed by atoms with E-state index in [1.165, 1.54) is 0 Å². The molecule has 0 saturated carbocycles. The highest BCUT2D eigenvalue weighted by molar-refractivity contribution is 7.71. The number of hydrogen-bond acceptors (Lipinski definition) is 9. The van der Waals surface area contributed by atoms with Crippen LogP contribution in [0.3, 0.4) is 0 Å². The van der Waals surface area contributed by atoms with Gasteiger partial charge in [0, 0.05) is 0 Å². The minimum absolute atomic E-state index is 0.105. The van der Waals surface area contributed by atoms with E-state index in [0.717, 1.165) is 4.52 Å². The Hall–Kier alpha value is -1.53. The average molecular weight is 274 g/mol. The summed E-state index contributed by atoms with van der Waals surface area (Å²) in [5, 5.41) is 54.2. The molecule has 0 aromatic carbocycles. The predicted molar refractivity (Wildman–Crippen MR) is 57.8 cm³/mol. The summed E-state index contributed by atoms with van der Waals surface area (Å²) in [5.41, 5.74) is 0. The normalized spacial score (nSPS) is 16.7. The van der Waals surface area contributed by atoms with Gasteiger partial charge in [0.2, 0.25) is 10.6 Å². The van der Waals surface area contributed by atoms with Gasteiger partial charge in [-0.15, -0.1) is 20.4 Å². The third-order valence-electron chi connectivity index (χ3n) is 2.25. The molecule has 0 fully saturated rings. The van der Waals surface area contributed by atoms with Gasteiger partial charge in [0.25, 0.3) is 5.78 Å². The molecule has 2 rings (SSSR count). The largest absolute Gasteiger partial charge is 0.394 e. The van der Waals surface area contributed by atoms with Crippen LogP contribution in [-0.2, 0) is 0 Å². The lowest BCUT2D eigenvalue weighted by Gasteiger charge is -2.19. The molecule has 0 aliphatic rings. The molecule has 10 nitrogen and oxygen atoms in total. The highest BCUT2D eigenvalue weighted by Crippen LogP contribution is 2.14. The predicted octanol–water partition coefficient (Wildman–Crippen LogP) is -2.68. The number of aromatic amines is 1. The van der Waals surface area contributed by atoms with Gasteiger partial charge in [-0.1, -0.05) is 0 Å². The van der Waals surface area contributed by atoms with Gasteiger partial charge in [0.15, 0.2) is 0 Å². The second-order valence-electron chi connectivity index (χ2n) is 3.48. The van der Waals surface area contributed by atoms with Crippen molar-refractivity contribution in [2.24, 2.45) is 0 Å². The first kappa shape index (κ1) is 12.9. The van der Waals surface area contributed by atoms with Crippen LogP contribution in [0.15, 0.2) is 0 Å². The first-order valence-electron chi connectivity index (χ1n) is 4.87. The smallest absolute Gasteiger partial charge is 0.289 e. The molecule has 98 valence electrons. The van der Waals surface area contributed by atoms with Crippen LogP contribution >= 0.6 is 12.2 Å². The Morgan fingerprint density at radius 1 is 1.28 bits per heavy atom. The van der Waals surface area contributed by atoms with E-state index in [9.17, 15) is 15.3 Å². The highest BCUT2D eigenvalue weighted by Gasteiger charge is 2.28. The van der Waals surface area contributed by atoms with Crippen LogP contribution in [-0.4, -0.2) is 69.2 Å². The van der Waals surface area contributed by atoms with E-state index < -0.39 is 24.9 Å². The van der Waals surface area contributed by atoms with Crippen molar-refractivity contribution in [3.05, 3.63) is 10.6 Å². The Kier molecular flexibility index (Phi) is 3.58. The van der Waals surface area contributed by atoms with Gasteiger partial charge in [0.05, 0.1) is 6.61 Å². The van der Waals surface area contributed by atoms with Gasteiger partial charge in [0.1, 0.15) is 18.3 Å². The molecule has 18 heavy (non-hydrogen) atoms. The number of aromatic nitrogens is 6. The van der Waals surface area contributed by atoms with Crippen molar-refractivity contribution in [2.75, 3.05) is 6.61 Å². The number of aliphatic hydroxyl groups excluding tert-OH is 4. The maximum absolute atomic E-state index is 9.71. The number of fused-ring (bicyclic) bond motifs is 1. The molecule has 11 heteroatoms. The molecule has 3 atom stereocenters. The van der Waals surface area contributed by atoms with Crippen LogP contribution in [0.25, 0.3) is 5.78 Å². The highest BCUT2D eigenvalue weighted by atomic mass is 32.1. The van der Waals surface area contributed by atoms with Crippen LogP contribution in [0.1, 0.15) is 11.9 Å². The number of H-pyrrole nitrogens is 1. The van der Waals surface area contributed by atoms with Gasteiger partial charge in [-0.25, -0.2) is 5.10 Å². The number of hydrogen-bond donors (Lipinski definition) is 5. The van der Waals surface area contributed by atoms with Crippen molar-refractivity contribution in [3.63, 3.8) is 0 Å². The quantitative estimate of drug-likeness (QED) is 0.375. The molecule has 0 aliphatic heterocycles. The molecule has 5 N–H and O–H groups in total. The molecule has 0 saturated heterocycles. The Morgan fingerprint density at radius 2 is 2.00 bits per heavy atom. The monoisotopic (exact) mass is 274 g/mol. The maximum Gasteiger partial charge on any atom is 0.289 e. The fourth-order valence-electron chi connectivity index (χ4n) is 1.25. The van der Waals surface area contributed by atoms with Crippen LogP contribution in [0.2, 0.25) is 0 Å². The molecule has 0 aliphatic carbocycles. The lowest BCUT2D eigenvalue weighted by molar-refractivity contribution is -0.0809. The standard InChI is InChI=1S/C7H10N6O4S/c14-1-2(15)3(16)4(17)5-8-9-6-10-11-7(18)13(6)12-5/h2-4,14-17H,1H2,(H,11,18). The number of rotatable bonds is 4. The third kappa shape index (κ3) is 2.21. The second kappa shape index (κ2) is 4.99. The summed E-state index contributed by atoms with van der Waals surface area (Å²) in [6.45, 7) is -0.709. The first-order valence-corrected chi connectivity index (χ1v) is 5.28. The van der Waals surface area contributed by atoms with Crippen molar-refractivity contribution in [3.8, 4) is 0 Å². The van der Waals surface area contributed by atoms with Crippen LogP contribution in [0.5, 0.6) is 0 Å². The number of nitrogens with zero attached hydrogens (tertiary/aromatic N) is 5. The lowest BCUT2D eigenvalue weighted by atomic mass is 10.1. The Balaban J connectivity index is 2.35. The van der Waals surface area contributed by atoms with Crippen molar-refractivity contribution in [2.45, 2.75) is 18.3 Å². The zero-order valence-electron chi connectivity index (χ0n) is 8.87. The summed E-state index contributed by atoms with van der Waals surface area (Å²) in [6.07, 6.45) is -4.77. The minimum Gasteiger partial charge on any atom is -0.394 e. The van der Waals surface area contributed by atoms with Gasteiger partial charge in [-0.05, 0) is 12.2 Å². The molecule has 2 heterocycles. The topological polar surface area (TPSA) is 153 Å². The van der Waals surface area contributed by atoms with E-state index in [4.69, 9.17) is 17.3 Å². The lowest BCUT2D eigenvalue weighted by Crippen LogP contribution is -2.35. The summed E-state index contributed by atoms with van der Waals surface area (Å²) in [4.78, 5) is 0. The summed E-state index contributed by atoms with van der Waals surface area (Å²) in [6, 6.07) is 0.